The number of ether oxygens (including phenoxy) is 1. The minimum Gasteiger partial charge on any atom is -0.465 e. The predicted octanol–water partition coefficient (Wildman–Crippen LogP) is 3.88. The number of anilines is 1. The van der Waals surface area contributed by atoms with Gasteiger partial charge in [-0.05, 0) is 62.8 Å². The highest BCUT2D eigenvalue weighted by Crippen LogP contribution is 2.38. The summed E-state index contributed by atoms with van der Waals surface area (Å²) >= 11 is 0. The number of hydrogen-bond acceptors (Lipinski definition) is 4. The third-order valence-corrected chi connectivity index (χ3v) is 7.93. The molecule has 2 aliphatic rings. The van der Waals surface area contributed by atoms with E-state index in [0.717, 1.165) is 28.3 Å². The Morgan fingerprint density at radius 2 is 1.83 bits per heavy atom. The molecule has 0 bridgehead atoms. The number of fused-ring (bicyclic) bond motifs is 1. The molecule has 1 aromatic carbocycles. The van der Waals surface area contributed by atoms with Gasteiger partial charge >= 0.3 is 13.2 Å². The van der Waals surface area contributed by atoms with Gasteiger partial charge in [0.15, 0.2) is 0 Å². The van der Waals surface area contributed by atoms with Crippen LogP contribution in [0.3, 0.4) is 0 Å². The summed E-state index contributed by atoms with van der Waals surface area (Å²) < 4.78 is 18.6. The SMILES string of the molecule is CC1(C)OB(c2cc3c(cc2COCC[Si](C)(C)C)N(C(=O)O)CC3)OC1(C)C. The van der Waals surface area contributed by atoms with Gasteiger partial charge in [0.2, 0.25) is 0 Å². The summed E-state index contributed by atoms with van der Waals surface area (Å²) in [5.74, 6) is 0. The quantitative estimate of drug-likeness (QED) is 0.560. The van der Waals surface area contributed by atoms with Crippen molar-refractivity contribution in [3.05, 3.63) is 23.3 Å². The number of nitrogens with zero attached hydrogens (tertiary/aromatic N) is 1. The fourth-order valence-electron chi connectivity index (χ4n) is 3.57. The van der Waals surface area contributed by atoms with Crippen LogP contribution in [-0.2, 0) is 27.1 Å². The molecule has 160 valence electrons. The zero-order valence-corrected chi connectivity index (χ0v) is 19.8. The summed E-state index contributed by atoms with van der Waals surface area (Å²) in [6.07, 6.45) is -0.219. The Labute approximate surface area is 175 Å². The molecule has 29 heavy (non-hydrogen) atoms. The number of carboxylic acid groups (broad SMARTS) is 1. The Morgan fingerprint density at radius 3 is 2.38 bits per heavy atom. The van der Waals surface area contributed by atoms with E-state index in [0.29, 0.717) is 26.2 Å². The standard InChI is InChI=1S/C21H34BNO5Si/c1-20(2)21(3,4)28-22(27-20)17-12-15-8-9-23(19(24)25)18(15)13-16(17)14-26-10-11-29(5,6)7/h12-13H,8-11,14H2,1-7H3,(H,24,25). The molecule has 0 spiro atoms. The van der Waals surface area contributed by atoms with Crippen LogP contribution in [0.2, 0.25) is 25.7 Å². The first kappa shape index (κ1) is 22.3. The molecule has 2 heterocycles. The Hall–Kier alpha value is -1.35. The van der Waals surface area contributed by atoms with Crippen molar-refractivity contribution in [3.63, 3.8) is 0 Å². The smallest absolute Gasteiger partial charge is 0.465 e. The van der Waals surface area contributed by atoms with E-state index in [-0.39, 0.29) is 0 Å². The van der Waals surface area contributed by atoms with Crippen LogP contribution in [0.15, 0.2) is 12.1 Å². The lowest BCUT2D eigenvalue weighted by Crippen LogP contribution is -2.41. The van der Waals surface area contributed by atoms with E-state index in [1.807, 2.05) is 33.8 Å². The first-order valence-electron chi connectivity index (χ1n) is 10.4. The van der Waals surface area contributed by atoms with Gasteiger partial charge in [0, 0.05) is 21.2 Å². The van der Waals surface area contributed by atoms with E-state index in [1.54, 1.807) is 0 Å². The van der Waals surface area contributed by atoms with Crippen molar-refractivity contribution in [2.75, 3.05) is 18.1 Å². The highest BCUT2D eigenvalue weighted by atomic mass is 28.3. The Bertz CT molecular complexity index is 774. The van der Waals surface area contributed by atoms with E-state index >= 15 is 0 Å². The van der Waals surface area contributed by atoms with Gasteiger partial charge in [0.25, 0.3) is 0 Å². The summed E-state index contributed by atoms with van der Waals surface area (Å²) in [6.45, 7) is 16.7. The maximum Gasteiger partial charge on any atom is 0.495 e. The number of carbonyl (C=O) groups is 1. The average molecular weight is 419 g/mol. The predicted molar refractivity (Wildman–Crippen MR) is 119 cm³/mol. The maximum atomic E-state index is 11.6. The Balaban J connectivity index is 1.89. The summed E-state index contributed by atoms with van der Waals surface area (Å²) in [5, 5.41) is 9.52. The molecule has 6 nitrogen and oxygen atoms in total. The number of amides is 1. The second-order valence-electron chi connectivity index (χ2n) is 10.3. The van der Waals surface area contributed by atoms with Crippen LogP contribution in [-0.4, -0.2) is 50.7 Å². The highest BCUT2D eigenvalue weighted by molar-refractivity contribution is 6.76. The number of hydrogen-bond donors (Lipinski definition) is 1. The van der Waals surface area contributed by atoms with Gasteiger partial charge in [-0.15, -0.1) is 0 Å². The van der Waals surface area contributed by atoms with Crippen molar-refractivity contribution < 1.29 is 23.9 Å². The van der Waals surface area contributed by atoms with Gasteiger partial charge < -0.3 is 19.2 Å². The Morgan fingerprint density at radius 1 is 1.21 bits per heavy atom. The first-order chi connectivity index (χ1) is 13.3. The molecule has 0 unspecified atom stereocenters. The third kappa shape index (κ3) is 4.71. The molecule has 2 aliphatic heterocycles. The van der Waals surface area contributed by atoms with Gasteiger partial charge in [-0.3, -0.25) is 4.90 Å². The van der Waals surface area contributed by atoms with Crippen molar-refractivity contribution in [1.82, 2.24) is 0 Å². The monoisotopic (exact) mass is 419 g/mol. The van der Waals surface area contributed by atoms with E-state index in [2.05, 4.69) is 25.7 Å². The molecular weight excluding hydrogens is 385 g/mol. The zero-order valence-electron chi connectivity index (χ0n) is 18.8. The molecule has 1 fully saturated rings. The van der Waals surface area contributed by atoms with Gasteiger partial charge in [0.1, 0.15) is 0 Å². The van der Waals surface area contributed by atoms with Crippen molar-refractivity contribution >= 4 is 32.4 Å². The summed E-state index contributed by atoms with van der Waals surface area (Å²) in [7, 11) is -1.66. The van der Waals surface area contributed by atoms with Crippen LogP contribution in [0.4, 0.5) is 10.5 Å². The van der Waals surface area contributed by atoms with Crippen LogP contribution in [0.25, 0.3) is 0 Å². The summed E-state index contributed by atoms with van der Waals surface area (Å²) in [4.78, 5) is 13.0. The molecule has 0 radical (unpaired) electrons. The van der Waals surface area contributed by atoms with Gasteiger partial charge in [-0.1, -0.05) is 25.7 Å². The summed E-state index contributed by atoms with van der Waals surface area (Å²) in [6, 6.07) is 5.09. The Kier molecular flexibility index (Phi) is 5.95. The molecule has 1 amide bonds. The fourth-order valence-corrected chi connectivity index (χ4v) is 4.33. The van der Waals surface area contributed by atoms with Crippen LogP contribution in [0.1, 0.15) is 38.8 Å². The highest BCUT2D eigenvalue weighted by Gasteiger charge is 2.52. The van der Waals surface area contributed by atoms with Crippen LogP contribution in [0.5, 0.6) is 0 Å². The van der Waals surface area contributed by atoms with Crippen molar-refractivity contribution in [3.8, 4) is 0 Å². The minimum absolute atomic E-state index is 0.421. The van der Waals surface area contributed by atoms with Gasteiger partial charge in [-0.25, -0.2) is 4.79 Å². The van der Waals surface area contributed by atoms with E-state index in [1.165, 1.54) is 4.90 Å². The lowest BCUT2D eigenvalue weighted by atomic mass is 9.75. The third-order valence-electron chi connectivity index (χ3n) is 6.23. The first-order valence-corrected chi connectivity index (χ1v) is 14.1. The number of benzene rings is 1. The fraction of sp³-hybridized carbons (Fsp3) is 0.667. The van der Waals surface area contributed by atoms with Gasteiger partial charge in [-0.2, -0.15) is 0 Å². The molecule has 0 atom stereocenters. The van der Waals surface area contributed by atoms with E-state index < -0.39 is 32.5 Å². The topological polar surface area (TPSA) is 68.2 Å². The summed E-state index contributed by atoms with van der Waals surface area (Å²) in [5.41, 5.74) is 2.79. The zero-order chi connectivity index (χ0) is 21.6. The minimum atomic E-state index is -1.18. The van der Waals surface area contributed by atoms with Crippen LogP contribution < -0.4 is 10.4 Å². The lowest BCUT2D eigenvalue weighted by molar-refractivity contribution is 0.00578. The van der Waals surface area contributed by atoms with Crippen LogP contribution in [0, 0.1) is 0 Å². The molecule has 1 N–H and O–H groups in total. The van der Waals surface area contributed by atoms with Crippen molar-refractivity contribution in [2.45, 2.75) is 77.6 Å². The largest absolute Gasteiger partial charge is 0.495 e. The molecule has 3 rings (SSSR count). The number of rotatable bonds is 6. The van der Waals surface area contributed by atoms with E-state index in [4.69, 9.17) is 14.0 Å². The average Bonchev–Trinajstić information content (AvgIpc) is 3.07. The molecule has 0 aromatic heterocycles. The maximum absolute atomic E-state index is 11.6. The van der Waals surface area contributed by atoms with E-state index in [9.17, 15) is 9.90 Å². The van der Waals surface area contributed by atoms with Crippen LogP contribution >= 0.6 is 0 Å². The molecule has 0 aliphatic carbocycles. The molecular formula is C21H34BNO5Si. The van der Waals surface area contributed by atoms with Gasteiger partial charge in [0.05, 0.1) is 23.5 Å². The van der Waals surface area contributed by atoms with Crippen molar-refractivity contribution in [1.29, 1.82) is 0 Å². The molecule has 8 heteroatoms. The molecule has 1 saturated heterocycles. The molecule has 1 aromatic rings. The molecule has 0 saturated carbocycles. The second-order valence-corrected chi connectivity index (χ2v) is 15.9. The normalized spacial score (nSPS) is 20.2. The lowest BCUT2D eigenvalue weighted by Gasteiger charge is -2.32. The second kappa shape index (κ2) is 7.72. The van der Waals surface area contributed by atoms with Crippen molar-refractivity contribution in [2.24, 2.45) is 0 Å².